The van der Waals surface area contributed by atoms with Crippen molar-refractivity contribution < 1.29 is 14.3 Å². The molecule has 110 valence electrons. The molecule has 0 aliphatic heterocycles. The van der Waals surface area contributed by atoms with Crippen LogP contribution in [-0.2, 0) is 0 Å². The third-order valence-electron chi connectivity index (χ3n) is 3.00. The van der Waals surface area contributed by atoms with Gasteiger partial charge in [0.2, 0.25) is 0 Å². The second-order valence-corrected chi connectivity index (χ2v) is 4.62. The highest BCUT2D eigenvalue weighted by molar-refractivity contribution is 6.04. The Bertz CT molecular complexity index is 638. The van der Waals surface area contributed by atoms with E-state index in [0.717, 1.165) is 5.56 Å². The summed E-state index contributed by atoms with van der Waals surface area (Å²) < 4.78 is 10.7. The zero-order chi connectivity index (χ0) is 15.2. The highest BCUT2D eigenvalue weighted by Gasteiger charge is 2.09. The number of ether oxygens (including phenoxy) is 2. The number of carbonyl (C=O) groups is 1. The molecule has 2 aromatic carbocycles. The first-order valence-corrected chi connectivity index (χ1v) is 6.83. The van der Waals surface area contributed by atoms with E-state index in [4.69, 9.17) is 9.47 Å². The Balaban J connectivity index is 2.17. The van der Waals surface area contributed by atoms with Gasteiger partial charge in [0.15, 0.2) is 11.5 Å². The Labute approximate surface area is 124 Å². The highest BCUT2D eigenvalue weighted by atomic mass is 16.5. The van der Waals surface area contributed by atoms with E-state index in [1.165, 1.54) is 0 Å². The molecule has 0 fully saturated rings. The number of methoxy groups -OCH3 is 1. The molecule has 4 heteroatoms. The lowest BCUT2D eigenvalue weighted by Crippen LogP contribution is -2.12. The summed E-state index contributed by atoms with van der Waals surface area (Å²) in [6.07, 6.45) is 0. The molecule has 0 radical (unpaired) electrons. The van der Waals surface area contributed by atoms with Gasteiger partial charge in [-0.3, -0.25) is 4.79 Å². The van der Waals surface area contributed by atoms with E-state index in [0.29, 0.717) is 29.4 Å². The second kappa shape index (κ2) is 6.79. The quantitative estimate of drug-likeness (QED) is 0.912. The lowest BCUT2D eigenvalue weighted by atomic mass is 10.1. The summed E-state index contributed by atoms with van der Waals surface area (Å²) >= 11 is 0. The van der Waals surface area contributed by atoms with Gasteiger partial charge in [-0.05, 0) is 38.1 Å². The molecule has 1 N–H and O–H groups in total. The predicted molar refractivity (Wildman–Crippen MR) is 83.3 cm³/mol. The van der Waals surface area contributed by atoms with E-state index in [1.807, 2.05) is 32.0 Å². The van der Waals surface area contributed by atoms with Crippen LogP contribution in [0.2, 0.25) is 0 Å². The third-order valence-corrected chi connectivity index (χ3v) is 3.00. The fourth-order valence-corrected chi connectivity index (χ4v) is 2.01. The summed E-state index contributed by atoms with van der Waals surface area (Å²) in [5.41, 5.74) is 2.34. The van der Waals surface area contributed by atoms with Gasteiger partial charge >= 0.3 is 0 Å². The zero-order valence-electron chi connectivity index (χ0n) is 12.5. The van der Waals surface area contributed by atoms with Crippen LogP contribution in [0.5, 0.6) is 11.5 Å². The molecule has 0 spiro atoms. The molecule has 2 rings (SSSR count). The Morgan fingerprint density at radius 1 is 1.14 bits per heavy atom. The zero-order valence-corrected chi connectivity index (χ0v) is 12.5. The van der Waals surface area contributed by atoms with Crippen molar-refractivity contribution in [3.8, 4) is 11.5 Å². The maximum atomic E-state index is 12.2. The number of carbonyl (C=O) groups excluding carboxylic acids is 1. The number of hydrogen-bond donors (Lipinski definition) is 1. The number of anilines is 1. The minimum Gasteiger partial charge on any atom is -0.493 e. The van der Waals surface area contributed by atoms with Gasteiger partial charge in [-0.2, -0.15) is 0 Å². The van der Waals surface area contributed by atoms with Gasteiger partial charge in [0, 0.05) is 17.3 Å². The molecular weight excluding hydrogens is 266 g/mol. The first-order chi connectivity index (χ1) is 10.1. The summed E-state index contributed by atoms with van der Waals surface area (Å²) in [5, 5.41) is 2.85. The van der Waals surface area contributed by atoms with Crippen molar-refractivity contribution in [1.29, 1.82) is 0 Å². The van der Waals surface area contributed by atoms with Crippen molar-refractivity contribution in [2.75, 3.05) is 19.0 Å². The van der Waals surface area contributed by atoms with Gasteiger partial charge in [-0.25, -0.2) is 0 Å². The van der Waals surface area contributed by atoms with E-state index in [-0.39, 0.29) is 5.91 Å². The average molecular weight is 285 g/mol. The Morgan fingerprint density at radius 2 is 1.95 bits per heavy atom. The molecule has 0 aromatic heterocycles. The molecule has 1 amide bonds. The molecular formula is C17H19NO3. The van der Waals surface area contributed by atoms with Crippen LogP contribution in [0.4, 0.5) is 5.69 Å². The van der Waals surface area contributed by atoms with Crippen molar-refractivity contribution in [1.82, 2.24) is 0 Å². The molecule has 0 saturated carbocycles. The van der Waals surface area contributed by atoms with Gasteiger partial charge in [-0.1, -0.05) is 17.7 Å². The highest BCUT2D eigenvalue weighted by Crippen LogP contribution is 2.30. The largest absolute Gasteiger partial charge is 0.493 e. The summed E-state index contributed by atoms with van der Waals surface area (Å²) in [7, 11) is 1.57. The maximum Gasteiger partial charge on any atom is 0.255 e. The molecule has 2 aromatic rings. The molecule has 0 bridgehead atoms. The standard InChI is InChI=1S/C17H19NO3/c1-4-21-15-9-8-14(11-16(15)20-3)18-17(19)13-7-5-6-12(2)10-13/h5-11H,4H2,1-3H3,(H,18,19). The van der Waals surface area contributed by atoms with E-state index >= 15 is 0 Å². The van der Waals surface area contributed by atoms with Crippen LogP contribution in [-0.4, -0.2) is 19.6 Å². The Kier molecular flexibility index (Phi) is 4.82. The minimum atomic E-state index is -0.148. The summed E-state index contributed by atoms with van der Waals surface area (Å²) in [4.78, 5) is 12.2. The van der Waals surface area contributed by atoms with E-state index in [2.05, 4.69) is 5.32 Å². The SMILES string of the molecule is CCOc1ccc(NC(=O)c2cccc(C)c2)cc1OC. The van der Waals surface area contributed by atoms with Gasteiger partial charge in [0.1, 0.15) is 0 Å². The van der Waals surface area contributed by atoms with Gasteiger partial charge in [0.25, 0.3) is 5.91 Å². The first-order valence-electron chi connectivity index (χ1n) is 6.83. The van der Waals surface area contributed by atoms with E-state index in [9.17, 15) is 4.79 Å². The van der Waals surface area contributed by atoms with Crippen LogP contribution in [0.25, 0.3) is 0 Å². The first kappa shape index (κ1) is 14.9. The van der Waals surface area contributed by atoms with Gasteiger partial charge < -0.3 is 14.8 Å². The van der Waals surface area contributed by atoms with Crippen molar-refractivity contribution in [3.63, 3.8) is 0 Å². The smallest absolute Gasteiger partial charge is 0.255 e. The van der Waals surface area contributed by atoms with Crippen molar-refractivity contribution >= 4 is 11.6 Å². The molecule has 0 unspecified atom stereocenters. The summed E-state index contributed by atoms with van der Waals surface area (Å²) in [6, 6.07) is 12.8. The van der Waals surface area contributed by atoms with Gasteiger partial charge in [-0.15, -0.1) is 0 Å². The monoisotopic (exact) mass is 285 g/mol. The van der Waals surface area contributed by atoms with Crippen LogP contribution in [0, 0.1) is 6.92 Å². The molecule has 0 atom stereocenters. The van der Waals surface area contributed by atoms with Crippen LogP contribution in [0.3, 0.4) is 0 Å². The lowest BCUT2D eigenvalue weighted by molar-refractivity contribution is 0.102. The average Bonchev–Trinajstić information content (AvgIpc) is 2.49. The fraction of sp³-hybridized carbons (Fsp3) is 0.235. The van der Waals surface area contributed by atoms with Crippen molar-refractivity contribution in [2.45, 2.75) is 13.8 Å². The van der Waals surface area contributed by atoms with Gasteiger partial charge in [0.05, 0.1) is 13.7 Å². The number of rotatable bonds is 5. The third kappa shape index (κ3) is 3.75. The Morgan fingerprint density at radius 3 is 2.62 bits per heavy atom. The van der Waals surface area contributed by atoms with Crippen LogP contribution in [0.1, 0.15) is 22.8 Å². The molecule has 21 heavy (non-hydrogen) atoms. The number of hydrogen-bond acceptors (Lipinski definition) is 3. The number of nitrogens with one attached hydrogen (secondary N) is 1. The van der Waals surface area contributed by atoms with E-state index < -0.39 is 0 Å². The molecule has 0 aliphatic rings. The summed E-state index contributed by atoms with van der Waals surface area (Å²) in [5.74, 6) is 1.11. The normalized spacial score (nSPS) is 10.0. The van der Waals surface area contributed by atoms with Crippen LogP contribution < -0.4 is 14.8 Å². The predicted octanol–water partition coefficient (Wildman–Crippen LogP) is 3.65. The maximum absolute atomic E-state index is 12.2. The fourth-order valence-electron chi connectivity index (χ4n) is 2.01. The number of aryl methyl sites for hydroxylation is 1. The molecule has 0 heterocycles. The van der Waals surface area contributed by atoms with Crippen LogP contribution >= 0.6 is 0 Å². The topological polar surface area (TPSA) is 47.6 Å². The van der Waals surface area contributed by atoms with Crippen molar-refractivity contribution in [2.24, 2.45) is 0 Å². The second-order valence-electron chi connectivity index (χ2n) is 4.62. The molecule has 0 saturated heterocycles. The van der Waals surface area contributed by atoms with E-state index in [1.54, 1.807) is 31.4 Å². The number of benzene rings is 2. The molecule has 4 nitrogen and oxygen atoms in total. The van der Waals surface area contributed by atoms with Crippen molar-refractivity contribution in [3.05, 3.63) is 53.6 Å². The molecule has 0 aliphatic carbocycles. The minimum absolute atomic E-state index is 0.148. The number of amides is 1. The summed E-state index contributed by atoms with van der Waals surface area (Å²) in [6.45, 7) is 4.43. The lowest BCUT2D eigenvalue weighted by Gasteiger charge is -2.12. The Hall–Kier alpha value is -2.49. The van der Waals surface area contributed by atoms with Crippen LogP contribution in [0.15, 0.2) is 42.5 Å².